The fraction of sp³-hybridized carbons (Fsp3) is 1.00. The van der Waals surface area contributed by atoms with Gasteiger partial charge < -0.3 is 8.85 Å². The van der Waals surface area contributed by atoms with Crippen molar-refractivity contribution in [3.8, 4) is 0 Å². The zero-order chi connectivity index (χ0) is 13.1. The van der Waals surface area contributed by atoms with Crippen molar-refractivity contribution in [3.63, 3.8) is 0 Å². The molecule has 0 aliphatic heterocycles. The Balaban J connectivity index is 4.87. The molecule has 4 heteroatoms. The van der Waals surface area contributed by atoms with Crippen molar-refractivity contribution in [1.29, 1.82) is 0 Å². The molecule has 104 valence electrons. The molecule has 0 rings (SSSR count). The van der Waals surface area contributed by atoms with Gasteiger partial charge in [-0.1, -0.05) is 27.2 Å². The second kappa shape index (κ2) is 10.1. The molecule has 0 aromatic rings. The lowest BCUT2D eigenvalue weighted by atomic mass is 10.4. The van der Waals surface area contributed by atoms with Crippen molar-refractivity contribution in [1.82, 2.24) is 4.57 Å². The Morgan fingerprint density at radius 3 is 1.53 bits per heavy atom. The molecule has 0 amide bonds. The second-order valence-electron chi connectivity index (χ2n) is 4.32. The number of hydrogen-bond donors (Lipinski definition) is 0. The van der Waals surface area contributed by atoms with Gasteiger partial charge in [-0.05, 0) is 39.8 Å². The molecule has 0 fully saturated rings. The smallest absolute Gasteiger partial charge is 0.383 e. The summed E-state index contributed by atoms with van der Waals surface area (Å²) in [7, 11) is -2.13. The van der Waals surface area contributed by atoms with E-state index in [9.17, 15) is 0 Å². The van der Waals surface area contributed by atoms with Gasteiger partial charge in [-0.15, -0.1) is 0 Å². The van der Waals surface area contributed by atoms with Crippen molar-refractivity contribution in [3.05, 3.63) is 0 Å². The van der Waals surface area contributed by atoms with Crippen LogP contribution in [-0.2, 0) is 8.85 Å². The SMILES string of the molecule is CCCN(CCC)[Si](CCC)(OCC)OCC. The Labute approximate surface area is 109 Å². The minimum absolute atomic E-state index is 0.760. The molecule has 0 N–H and O–H groups in total. The van der Waals surface area contributed by atoms with Gasteiger partial charge in [0.15, 0.2) is 0 Å². The molecule has 17 heavy (non-hydrogen) atoms. The molecule has 0 saturated carbocycles. The third-order valence-corrected chi connectivity index (χ3v) is 6.80. The molecule has 0 atom stereocenters. The summed E-state index contributed by atoms with van der Waals surface area (Å²) in [6, 6.07) is 1.08. The van der Waals surface area contributed by atoms with Gasteiger partial charge in [-0.25, -0.2) is 0 Å². The maximum atomic E-state index is 6.12. The van der Waals surface area contributed by atoms with Crippen LogP contribution in [0.15, 0.2) is 0 Å². The summed E-state index contributed by atoms with van der Waals surface area (Å²) in [6.07, 6.45) is 3.47. The van der Waals surface area contributed by atoms with Crippen molar-refractivity contribution in [2.45, 2.75) is 59.9 Å². The van der Waals surface area contributed by atoms with Crippen LogP contribution in [0.1, 0.15) is 53.9 Å². The fourth-order valence-corrected chi connectivity index (χ4v) is 6.00. The highest BCUT2D eigenvalue weighted by Crippen LogP contribution is 2.22. The average molecular weight is 261 g/mol. The van der Waals surface area contributed by atoms with E-state index < -0.39 is 8.72 Å². The Kier molecular flexibility index (Phi) is 10.1. The lowest BCUT2D eigenvalue weighted by Crippen LogP contribution is -2.59. The third-order valence-electron chi connectivity index (χ3n) is 2.77. The lowest BCUT2D eigenvalue weighted by molar-refractivity contribution is 0.119. The van der Waals surface area contributed by atoms with Crippen molar-refractivity contribution >= 4 is 8.72 Å². The van der Waals surface area contributed by atoms with Crippen molar-refractivity contribution < 1.29 is 8.85 Å². The molecule has 0 heterocycles. The van der Waals surface area contributed by atoms with Crippen LogP contribution in [0.2, 0.25) is 6.04 Å². The summed E-state index contributed by atoms with van der Waals surface area (Å²) in [6.45, 7) is 14.5. The van der Waals surface area contributed by atoms with E-state index in [-0.39, 0.29) is 0 Å². The second-order valence-corrected chi connectivity index (χ2v) is 7.45. The van der Waals surface area contributed by atoms with Gasteiger partial charge in [0.05, 0.1) is 0 Å². The van der Waals surface area contributed by atoms with Crippen molar-refractivity contribution in [2.24, 2.45) is 0 Å². The van der Waals surface area contributed by atoms with Gasteiger partial charge >= 0.3 is 8.72 Å². The first kappa shape index (κ1) is 17.1. The molecular weight excluding hydrogens is 230 g/mol. The van der Waals surface area contributed by atoms with Gasteiger partial charge in [0.2, 0.25) is 0 Å². The van der Waals surface area contributed by atoms with E-state index in [2.05, 4.69) is 39.2 Å². The quantitative estimate of drug-likeness (QED) is 0.531. The summed E-state index contributed by atoms with van der Waals surface area (Å²) in [4.78, 5) is 0. The normalized spacial score (nSPS) is 12.4. The van der Waals surface area contributed by atoms with Gasteiger partial charge in [0, 0.05) is 19.3 Å². The largest absolute Gasteiger partial charge is 0.427 e. The van der Waals surface area contributed by atoms with E-state index in [0.29, 0.717) is 0 Å². The van der Waals surface area contributed by atoms with Gasteiger partial charge in [-0.3, -0.25) is 4.57 Å². The molecule has 0 saturated heterocycles. The maximum absolute atomic E-state index is 6.12. The monoisotopic (exact) mass is 261 g/mol. The molecule has 0 spiro atoms. The third kappa shape index (κ3) is 5.51. The maximum Gasteiger partial charge on any atom is 0.427 e. The summed E-state index contributed by atoms with van der Waals surface area (Å²) >= 11 is 0. The Hall–Kier alpha value is 0.0969. The van der Waals surface area contributed by atoms with E-state index in [1.54, 1.807) is 0 Å². The standard InChI is InChI=1S/C13H31NO2Si/c1-6-11-14(12-7-2)17(13-8-3,15-9-4)16-10-5/h6-13H2,1-5H3. The van der Waals surface area contributed by atoms with Gasteiger partial charge in [0.1, 0.15) is 0 Å². The first-order valence-corrected chi connectivity index (χ1v) is 9.20. The average Bonchev–Trinajstić information content (AvgIpc) is 2.29. The van der Waals surface area contributed by atoms with E-state index in [0.717, 1.165) is 38.8 Å². The van der Waals surface area contributed by atoms with Crippen LogP contribution in [0.3, 0.4) is 0 Å². The topological polar surface area (TPSA) is 21.7 Å². The molecular formula is C13H31NO2Si. The molecule has 0 aromatic carbocycles. The van der Waals surface area contributed by atoms with Crippen LogP contribution in [0.25, 0.3) is 0 Å². The molecule has 0 unspecified atom stereocenters. The highest BCUT2D eigenvalue weighted by atomic mass is 28.4. The molecule has 0 radical (unpaired) electrons. The van der Waals surface area contributed by atoms with E-state index >= 15 is 0 Å². The molecule has 0 bridgehead atoms. The van der Waals surface area contributed by atoms with E-state index in [1.165, 1.54) is 12.8 Å². The number of hydrogen-bond acceptors (Lipinski definition) is 3. The van der Waals surface area contributed by atoms with Crippen LogP contribution in [-0.4, -0.2) is 39.6 Å². The first-order valence-electron chi connectivity index (χ1n) is 7.23. The van der Waals surface area contributed by atoms with E-state index in [4.69, 9.17) is 8.85 Å². The minimum atomic E-state index is -2.13. The number of rotatable bonds is 11. The minimum Gasteiger partial charge on any atom is -0.383 e. The van der Waals surface area contributed by atoms with Gasteiger partial charge in [-0.2, -0.15) is 0 Å². The molecule has 0 aliphatic carbocycles. The van der Waals surface area contributed by atoms with Crippen molar-refractivity contribution in [2.75, 3.05) is 26.3 Å². The molecule has 3 nitrogen and oxygen atoms in total. The molecule has 0 aromatic heterocycles. The highest BCUT2D eigenvalue weighted by molar-refractivity contribution is 6.64. The predicted octanol–water partition coefficient (Wildman–Crippen LogP) is 3.53. The first-order chi connectivity index (χ1) is 8.20. The zero-order valence-electron chi connectivity index (χ0n) is 12.4. The van der Waals surface area contributed by atoms with Crippen LogP contribution >= 0.6 is 0 Å². The van der Waals surface area contributed by atoms with Crippen LogP contribution in [0.5, 0.6) is 0 Å². The van der Waals surface area contributed by atoms with Crippen LogP contribution < -0.4 is 0 Å². The predicted molar refractivity (Wildman–Crippen MR) is 76.3 cm³/mol. The summed E-state index contributed by atoms with van der Waals surface area (Å²) < 4.78 is 14.7. The fourth-order valence-electron chi connectivity index (χ4n) is 2.29. The van der Waals surface area contributed by atoms with E-state index in [1.807, 2.05) is 0 Å². The van der Waals surface area contributed by atoms with Crippen LogP contribution in [0, 0.1) is 0 Å². The zero-order valence-corrected chi connectivity index (χ0v) is 13.4. The molecule has 0 aliphatic rings. The lowest BCUT2D eigenvalue weighted by Gasteiger charge is -2.39. The Bertz CT molecular complexity index is 156. The summed E-state index contributed by atoms with van der Waals surface area (Å²) in [5.41, 5.74) is 0. The highest BCUT2D eigenvalue weighted by Gasteiger charge is 2.42. The Morgan fingerprint density at radius 2 is 1.24 bits per heavy atom. The van der Waals surface area contributed by atoms with Crippen LogP contribution in [0.4, 0.5) is 0 Å². The summed E-state index contributed by atoms with van der Waals surface area (Å²) in [5, 5.41) is 0. The Morgan fingerprint density at radius 1 is 0.765 bits per heavy atom. The summed E-state index contributed by atoms with van der Waals surface area (Å²) in [5.74, 6) is 0. The number of nitrogens with zero attached hydrogens (tertiary/aromatic N) is 1. The van der Waals surface area contributed by atoms with Gasteiger partial charge in [0.25, 0.3) is 0 Å².